The summed E-state index contributed by atoms with van der Waals surface area (Å²) >= 11 is 0. The highest BCUT2D eigenvalue weighted by molar-refractivity contribution is 5.96. The fraction of sp³-hybridized carbons (Fsp3) is 0.333. The lowest BCUT2D eigenvalue weighted by molar-refractivity contribution is -0.117. The second kappa shape index (κ2) is 11.6. The van der Waals surface area contributed by atoms with Gasteiger partial charge in [0.05, 0.1) is 36.3 Å². The average Bonchev–Trinajstić information content (AvgIpc) is 2.86. The largest absolute Gasteiger partial charge is 0.373 e. The smallest absolute Gasteiger partial charge is 0.242 e. The lowest BCUT2D eigenvalue weighted by Crippen LogP contribution is -2.43. The van der Waals surface area contributed by atoms with Crippen molar-refractivity contribution in [3.8, 4) is 0 Å². The van der Waals surface area contributed by atoms with E-state index < -0.39 is 35.3 Å². The summed E-state index contributed by atoms with van der Waals surface area (Å²) in [5.41, 5.74) is 8.11. The van der Waals surface area contributed by atoms with Crippen LogP contribution in [0.2, 0.25) is 0 Å². The normalized spacial score (nSPS) is 18.7. The third kappa shape index (κ3) is 6.29. The van der Waals surface area contributed by atoms with Gasteiger partial charge in [-0.05, 0) is 55.2 Å². The molecule has 0 spiro atoms. The fourth-order valence-electron chi connectivity index (χ4n) is 4.49. The van der Waals surface area contributed by atoms with E-state index in [4.69, 9.17) is 10.5 Å². The van der Waals surface area contributed by atoms with Crippen LogP contribution in [0.15, 0.2) is 60.9 Å². The number of carbonyl (C=O) groups excluding carboxylic acids is 1. The highest BCUT2D eigenvalue weighted by atomic mass is 19.1. The number of ether oxygens (including phenoxy) is 1. The molecule has 4 N–H and O–H groups in total. The molecule has 2 aromatic carbocycles. The number of hydrogen-bond acceptors (Lipinski definition) is 5. The molecule has 1 fully saturated rings. The van der Waals surface area contributed by atoms with E-state index in [2.05, 4.69) is 15.6 Å². The van der Waals surface area contributed by atoms with E-state index in [-0.39, 0.29) is 17.9 Å². The minimum Gasteiger partial charge on any atom is -0.373 e. The highest BCUT2D eigenvalue weighted by Crippen LogP contribution is 2.29. The first-order chi connectivity index (χ1) is 17.3. The zero-order valence-corrected chi connectivity index (χ0v) is 19.9. The number of morpholine rings is 1. The summed E-state index contributed by atoms with van der Waals surface area (Å²) in [6.45, 7) is 3.40. The molecule has 1 aliphatic rings. The summed E-state index contributed by atoms with van der Waals surface area (Å²) in [5.74, 6) is -2.68. The van der Waals surface area contributed by atoms with Crippen molar-refractivity contribution in [2.75, 3.05) is 18.4 Å². The molecule has 1 amide bonds. The number of carbonyl (C=O) groups is 1. The predicted octanol–water partition coefficient (Wildman–Crippen LogP) is 3.91. The molecule has 3 aromatic rings. The molecule has 4 rings (SSSR count). The van der Waals surface area contributed by atoms with Crippen LogP contribution in [0.25, 0.3) is 0 Å². The molecule has 6 nitrogen and oxygen atoms in total. The van der Waals surface area contributed by atoms with Gasteiger partial charge >= 0.3 is 0 Å². The van der Waals surface area contributed by atoms with Crippen molar-refractivity contribution < 1.29 is 22.7 Å². The van der Waals surface area contributed by atoms with Crippen molar-refractivity contribution in [3.63, 3.8) is 0 Å². The summed E-state index contributed by atoms with van der Waals surface area (Å²) in [6, 6.07) is 10.1. The van der Waals surface area contributed by atoms with E-state index in [0.29, 0.717) is 36.1 Å². The summed E-state index contributed by atoms with van der Waals surface area (Å²) < 4.78 is 47.7. The molecule has 1 saturated heterocycles. The van der Waals surface area contributed by atoms with Gasteiger partial charge in [0.25, 0.3) is 0 Å². The Labute approximate surface area is 208 Å². The zero-order valence-electron chi connectivity index (χ0n) is 19.9. The topological polar surface area (TPSA) is 89.3 Å². The monoisotopic (exact) mass is 498 g/mol. The SMILES string of the molecule is C[C@H]1CNC[C@@H](CCc2c(F)cncc2NC(=O)[C@@H](N)C(c2ccc(F)cc2)c2ccc(F)cc2)O1. The van der Waals surface area contributed by atoms with Crippen molar-refractivity contribution in [2.24, 2.45) is 5.73 Å². The number of nitrogens with two attached hydrogens (primary N) is 1. The number of anilines is 1. The van der Waals surface area contributed by atoms with Gasteiger partial charge in [0.1, 0.15) is 17.5 Å². The molecule has 190 valence electrons. The van der Waals surface area contributed by atoms with E-state index in [1.807, 2.05) is 6.92 Å². The van der Waals surface area contributed by atoms with Gasteiger partial charge in [0, 0.05) is 24.6 Å². The van der Waals surface area contributed by atoms with E-state index in [9.17, 15) is 18.0 Å². The van der Waals surface area contributed by atoms with E-state index in [1.165, 1.54) is 54.7 Å². The molecule has 0 radical (unpaired) electrons. The van der Waals surface area contributed by atoms with E-state index >= 15 is 0 Å². The lowest BCUT2D eigenvalue weighted by Gasteiger charge is -2.29. The van der Waals surface area contributed by atoms with Gasteiger partial charge in [-0.3, -0.25) is 9.78 Å². The van der Waals surface area contributed by atoms with Gasteiger partial charge in [-0.1, -0.05) is 24.3 Å². The van der Waals surface area contributed by atoms with Crippen LogP contribution in [0.3, 0.4) is 0 Å². The number of pyridine rings is 1. The van der Waals surface area contributed by atoms with Crippen LogP contribution in [0, 0.1) is 17.5 Å². The predicted molar refractivity (Wildman–Crippen MR) is 131 cm³/mol. The molecule has 3 atom stereocenters. The second-order valence-electron chi connectivity index (χ2n) is 9.01. The molecule has 0 aliphatic carbocycles. The number of halogens is 3. The Hall–Kier alpha value is -3.27. The number of rotatable bonds is 8. The van der Waals surface area contributed by atoms with Gasteiger partial charge in [-0.15, -0.1) is 0 Å². The Morgan fingerprint density at radius 3 is 2.25 bits per heavy atom. The second-order valence-corrected chi connectivity index (χ2v) is 9.01. The van der Waals surface area contributed by atoms with E-state index in [0.717, 1.165) is 12.7 Å². The van der Waals surface area contributed by atoms with Crippen LogP contribution < -0.4 is 16.4 Å². The van der Waals surface area contributed by atoms with Crippen molar-refractivity contribution in [3.05, 3.63) is 95.1 Å². The molecule has 36 heavy (non-hydrogen) atoms. The van der Waals surface area contributed by atoms with Gasteiger partial charge in [0.15, 0.2) is 0 Å². The highest BCUT2D eigenvalue weighted by Gasteiger charge is 2.29. The first-order valence-electron chi connectivity index (χ1n) is 11.9. The standard InChI is InChI=1S/C27H29F3N4O2/c1-16-12-32-13-21(36-16)10-11-22-23(30)14-33-15-24(22)34-27(35)26(31)25(17-2-6-19(28)7-3-17)18-4-8-20(29)9-5-18/h2-9,14-16,21,25-26,32H,10-13,31H2,1H3,(H,34,35)/t16-,21+,26-/m0/s1. The van der Waals surface area contributed by atoms with Crippen LogP contribution in [0.4, 0.5) is 18.9 Å². The van der Waals surface area contributed by atoms with E-state index in [1.54, 1.807) is 0 Å². The Bertz CT molecular complexity index is 1130. The molecule has 0 unspecified atom stereocenters. The molecule has 1 aliphatic heterocycles. The van der Waals surface area contributed by atoms with Crippen LogP contribution in [0.1, 0.15) is 36.0 Å². The quantitative estimate of drug-likeness (QED) is 0.438. The Balaban J connectivity index is 1.55. The third-order valence-electron chi connectivity index (χ3n) is 6.33. The van der Waals surface area contributed by atoms with Gasteiger partial charge in [0.2, 0.25) is 5.91 Å². The molecule has 9 heteroatoms. The zero-order chi connectivity index (χ0) is 25.7. The van der Waals surface area contributed by atoms with Gasteiger partial charge in [-0.25, -0.2) is 13.2 Å². The minimum atomic E-state index is -1.14. The summed E-state index contributed by atoms with van der Waals surface area (Å²) in [6.07, 6.45) is 3.37. The number of hydrogen-bond donors (Lipinski definition) is 3. The number of aromatic nitrogens is 1. The Morgan fingerprint density at radius 1 is 1.06 bits per heavy atom. The van der Waals surface area contributed by atoms with Crippen molar-refractivity contribution in [1.82, 2.24) is 10.3 Å². The molecule has 0 bridgehead atoms. The Kier molecular flexibility index (Phi) is 8.35. The fourth-order valence-corrected chi connectivity index (χ4v) is 4.49. The lowest BCUT2D eigenvalue weighted by atomic mass is 9.85. The first-order valence-corrected chi connectivity index (χ1v) is 11.9. The van der Waals surface area contributed by atoms with Gasteiger partial charge < -0.3 is 21.1 Å². The maximum atomic E-state index is 14.7. The molecular weight excluding hydrogens is 469 g/mol. The third-order valence-corrected chi connectivity index (χ3v) is 6.33. The van der Waals surface area contributed by atoms with Gasteiger partial charge in [-0.2, -0.15) is 0 Å². The van der Waals surface area contributed by atoms with Crippen molar-refractivity contribution in [2.45, 2.75) is 43.9 Å². The van der Waals surface area contributed by atoms with Crippen LogP contribution >= 0.6 is 0 Å². The summed E-state index contributed by atoms with van der Waals surface area (Å²) in [5, 5.41) is 6.00. The number of benzene rings is 2. The first kappa shape index (κ1) is 25.8. The molecule has 0 saturated carbocycles. The molecule has 2 heterocycles. The van der Waals surface area contributed by atoms with Crippen molar-refractivity contribution in [1.29, 1.82) is 0 Å². The minimum absolute atomic E-state index is 0.0677. The Morgan fingerprint density at radius 2 is 1.67 bits per heavy atom. The summed E-state index contributed by atoms with van der Waals surface area (Å²) in [7, 11) is 0. The maximum absolute atomic E-state index is 14.7. The number of nitrogens with zero attached hydrogens (tertiary/aromatic N) is 1. The average molecular weight is 499 g/mol. The molecular formula is C27H29F3N4O2. The van der Waals surface area contributed by atoms with Crippen molar-refractivity contribution >= 4 is 11.6 Å². The maximum Gasteiger partial charge on any atom is 0.242 e. The molecule has 1 aromatic heterocycles. The summed E-state index contributed by atoms with van der Waals surface area (Å²) in [4.78, 5) is 17.2. The number of nitrogens with one attached hydrogen (secondary N) is 2. The van der Waals surface area contributed by atoms with Crippen LogP contribution in [-0.4, -0.2) is 42.2 Å². The number of amides is 1. The van der Waals surface area contributed by atoms with Crippen LogP contribution in [0.5, 0.6) is 0 Å². The van der Waals surface area contributed by atoms with Crippen LogP contribution in [-0.2, 0) is 16.0 Å².